The van der Waals surface area contributed by atoms with Gasteiger partial charge in [-0.15, -0.1) is 0 Å². The van der Waals surface area contributed by atoms with Gasteiger partial charge in [0.1, 0.15) is 5.75 Å². The van der Waals surface area contributed by atoms with Crippen LogP contribution < -0.4 is 15.8 Å². The summed E-state index contributed by atoms with van der Waals surface area (Å²) in [6.45, 7) is 5.03. The van der Waals surface area contributed by atoms with Crippen LogP contribution in [0, 0.1) is 5.92 Å². The van der Waals surface area contributed by atoms with Gasteiger partial charge in [0, 0.05) is 0 Å². The van der Waals surface area contributed by atoms with E-state index in [1.807, 2.05) is 12.1 Å². The lowest BCUT2D eigenvalue weighted by atomic mass is 10.1. The molecule has 3 heteroatoms. The van der Waals surface area contributed by atoms with E-state index < -0.39 is 0 Å². The van der Waals surface area contributed by atoms with Crippen LogP contribution in [0.2, 0.25) is 0 Å². The molecule has 0 fully saturated rings. The number of methoxy groups -OCH3 is 1. The Kier molecular flexibility index (Phi) is 6.67. The number of benzene rings is 1. The SMILES string of the molecule is COc1ccc(CCNCCC(C)CN)cc1. The highest BCUT2D eigenvalue weighted by molar-refractivity contribution is 5.27. The quantitative estimate of drug-likeness (QED) is 0.677. The van der Waals surface area contributed by atoms with Crippen molar-refractivity contribution >= 4 is 0 Å². The summed E-state index contributed by atoms with van der Waals surface area (Å²) in [6.07, 6.45) is 2.21. The lowest BCUT2D eigenvalue weighted by Gasteiger charge is -2.09. The van der Waals surface area contributed by atoms with Crippen LogP contribution in [0.4, 0.5) is 0 Å². The normalized spacial score (nSPS) is 12.4. The zero-order chi connectivity index (χ0) is 12.5. The summed E-state index contributed by atoms with van der Waals surface area (Å²) in [6, 6.07) is 8.24. The van der Waals surface area contributed by atoms with Crippen molar-refractivity contribution in [3.05, 3.63) is 29.8 Å². The maximum atomic E-state index is 5.57. The van der Waals surface area contributed by atoms with Crippen molar-refractivity contribution in [1.29, 1.82) is 0 Å². The van der Waals surface area contributed by atoms with Crippen molar-refractivity contribution in [3.8, 4) is 5.75 Å². The van der Waals surface area contributed by atoms with Crippen LogP contribution in [-0.2, 0) is 6.42 Å². The average Bonchev–Trinajstić information content (AvgIpc) is 2.38. The van der Waals surface area contributed by atoms with Crippen LogP contribution in [0.5, 0.6) is 5.75 Å². The third-order valence-electron chi connectivity index (χ3n) is 2.97. The maximum absolute atomic E-state index is 5.57. The Labute approximate surface area is 104 Å². The van der Waals surface area contributed by atoms with Gasteiger partial charge in [-0.1, -0.05) is 19.1 Å². The molecule has 1 aromatic carbocycles. The first kappa shape index (κ1) is 14.0. The topological polar surface area (TPSA) is 47.3 Å². The molecule has 0 spiro atoms. The minimum atomic E-state index is 0.614. The summed E-state index contributed by atoms with van der Waals surface area (Å²) in [5.74, 6) is 1.53. The average molecular weight is 236 g/mol. The van der Waals surface area contributed by atoms with Gasteiger partial charge in [0.25, 0.3) is 0 Å². The van der Waals surface area contributed by atoms with Gasteiger partial charge in [-0.2, -0.15) is 0 Å². The summed E-state index contributed by atoms with van der Waals surface area (Å²) in [7, 11) is 1.69. The van der Waals surface area contributed by atoms with Crippen LogP contribution in [-0.4, -0.2) is 26.7 Å². The van der Waals surface area contributed by atoms with E-state index in [4.69, 9.17) is 10.5 Å². The summed E-state index contributed by atoms with van der Waals surface area (Å²) in [4.78, 5) is 0. The van der Waals surface area contributed by atoms with Gasteiger partial charge in [-0.3, -0.25) is 0 Å². The zero-order valence-corrected chi connectivity index (χ0v) is 10.9. The van der Waals surface area contributed by atoms with E-state index in [1.54, 1.807) is 7.11 Å². The molecule has 96 valence electrons. The molecule has 0 bridgehead atoms. The molecular formula is C14H24N2O. The molecule has 0 aliphatic heterocycles. The second-order valence-electron chi connectivity index (χ2n) is 4.48. The van der Waals surface area contributed by atoms with Crippen LogP contribution in [0.25, 0.3) is 0 Å². The van der Waals surface area contributed by atoms with Crippen molar-refractivity contribution in [2.75, 3.05) is 26.7 Å². The molecule has 0 aliphatic rings. The predicted octanol–water partition coefficient (Wildman–Crippen LogP) is 1.81. The van der Waals surface area contributed by atoms with Gasteiger partial charge >= 0.3 is 0 Å². The van der Waals surface area contributed by atoms with Gasteiger partial charge in [0.05, 0.1) is 7.11 Å². The van der Waals surface area contributed by atoms with Crippen molar-refractivity contribution < 1.29 is 4.74 Å². The molecule has 1 rings (SSSR count). The van der Waals surface area contributed by atoms with E-state index in [9.17, 15) is 0 Å². The molecule has 1 atom stereocenters. The molecule has 1 aromatic rings. The van der Waals surface area contributed by atoms with E-state index in [0.29, 0.717) is 5.92 Å². The number of hydrogen-bond donors (Lipinski definition) is 2. The third-order valence-corrected chi connectivity index (χ3v) is 2.97. The fourth-order valence-electron chi connectivity index (χ4n) is 1.62. The fraction of sp³-hybridized carbons (Fsp3) is 0.571. The van der Waals surface area contributed by atoms with E-state index >= 15 is 0 Å². The minimum absolute atomic E-state index is 0.614. The molecule has 17 heavy (non-hydrogen) atoms. The summed E-state index contributed by atoms with van der Waals surface area (Å²) < 4.78 is 5.12. The van der Waals surface area contributed by atoms with Gasteiger partial charge < -0.3 is 15.8 Å². The highest BCUT2D eigenvalue weighted by atomic mass is 16.5. The van der Waals surface area contributed by atoms with Crippen LogP contribution in [0.3, 0.4) is 0 Å². The second-order valence-corrected chi connectivity index (χ2v) is 4.48. The Hall–Kier alpha value is -1.06. The Morgan fingerprint density at radius 1 is 1.24 bits per heavy atom. The first-order valence-electron chi connectivity index (χ1n) is 6.30. The number of rotatable bonds is 8. The lowest BCUT2D eigenvalue weighted by molar-refractivity contribution is 0.414. The Morgan fingerprint density at radius 2 is 1.94 bits per heavy atom. The van der Waals surface area contributed by atoms with Crippen molar-refractivity contribution in [2.24, 2.45) is 11.7 Å². The monoisotopic (exact) mass is 236 g/mol. The molecule has 0 radical (unpaired) electrons. The predicted molar refractivity (Wildman–Crippen MR) is 72.4 cm³/mol. The Bertz CT molecular complexity index is 298. The number of nitrogens with two attached hydrogens (primary N) is 1. The van der Waals surface area contributed by atoms with Crippen LogP contribution in [0.15, 0.2) is 24.3 Å². The molecule has 1 unspecified atom stereocenters. The molecule has 0 saturated heterocycles. The van der Waals surface area contributed by atoms with E-state index in [0.717, 1.165) is 38.2 Å². The van der Waals surface area contributed by atoms with E-state index in [-0.39, 0.29) is 0 Å². The summed E-state index contributed by atoms with van der Waals surface area (Å²) >= 11 is 0. The van der Waals surface area contributed by atoms with Gasteiger partial charge in [-0.25, -0.2) is 0 Å². The maximum Gasteiger partial charge on any atom is 0.118 e. The van der Waals surface area contributed by atoms with Crippen molar-refractivity contribution in [3.63, 3.8) is 0 Å². The highest BCUT2D eigenvalue weighted by Crippen LogP contribution is 2.11. The number of hydrogen-bond acceptors (Lipinski definition) is 3. The van der Waals surface area contributed by atoms with Crippen LogP contribution in [0.1, 0.15) is 18.9 Å². The molecular weight excluding hydrogens is 212 g/mol. The van der Waals surface area contributed by atoms with Crippen molar-refractivity contribution in [2.45, 2.75) is 19.8 Å². The largest absolute Gasteiger partial charge is 0.497 e. The molecule has 0 aliphatic carbocycles. The first-order valence-corrected chi connectivity index (χ1v) is 6.30. The molecule has 3 nitrogen and oxygen atoms in total. The molecule has 0 aromatic heterocycles. The van der Waals surface area contributed by atoms with Crippen molar-refractivity contribution in [1.82, 2.24) is 5.32 Å². The van der Waals surface area contributed by atoms with Gasteiger partial charge in [-0.05, 0) is 56.1 Å². The second kappa shape index (κ2) is 8.09. The van der Waals surface area contributed by atoms with E-state index in [1.165, 1.54) is 5.56 Å². The van der Waals surface area contributed by atoms with Crippen LogP contribution >= 0.6 is 0 Å². The smallest absolute Gasteiger partial charge is 0.118 e. The fourth-order valence-corrected chi connectivity index (χ4v) is 1.62. The zero-order valence-electron chi connectivity index (χ0n) is 10.9. The lowest BCUT2D eigenvalue weighted by Crippen LogP contribution is -2.22. The Morgan fingerprint density at radius 3 is 2.53 bits per heavy atom. The standard InChI is InChI=1S/C14H24N2O/c1-12(11-15)7-9-16-10-8-13-3-5-14(17-2)6-4-13/h3-6,12,16H,7-11,15H2,1-2H3. The molecule has 3 N–H and O–H groups in total. The highest BCUT2D eigenvalue weighted by Gasteiger charge is 1.98. The molecule has 0 saturated carbocycles. The minimum Gasteiger partial charge on any atom is -0.497 e. The number of nitrogens with one attached hydrogen (secondary N) is 1. The Balaban J connectivity index is 2.13. The van der Waals surface area contributed by atoms with Gasteiger partial charge in [0.2, 0.25) is 0 Å². The first-order chi connectivity index (χ1) is 8.26. The number of ether oxygens (including phenoxy) is 1. The van der Waals surface area contributed by atoms with Gasteiger partial charge in [0.15, 0.2) is 0 Å². The van der Waals surface area contributed by atoms with E-state index in [2.05, 4.69) is 24.4 Å². The summed E-state index contributed by atoms with van der Waals surface area (Å²) in [5.41, 5.74) is 6.90. The molecule has 0 amide bonds. The third kappa shape index (κ3) is 5.71. The molecule has 0 heterocycles. The summed E-state index contributed by atoms with van der Waals surface area (Å²) in [5, 5.41) is 3.44.